The quantitative estimate of drug-likeness (QED) is 0.691. The van der Waals surface area contributed by atoms with Gasteiger partial charge in [0.05, 0.1) is 0 Å². The number of hydrogen-bond donors (Lipinski definition) is 0. The highest BCUT2D eigenvalue weighted by Gasteiger charge is 2.31. The Morgan fingerprint density at radius 2 is 2.25 bits per heavy atom. The van der Waals surface area contributed by atoms with Crippen LogP contribution in [-0.2, 0) is 6.42 Å². The van der Waals surface area contributed by atoms with Crippen molar-refractivity contribution in [2.24, 2.45) is 0 Å². The summed E-state index contributed by atoms with van der Waals surface area (Å²) in [5.41, 5.74) is 0. The van der Waals surface area contributed by atoms with Crippen LogP contribution in [0.15, 0.2) is 4.42 Å². The molecule has 1 aliphatic carbocycles. The smallest absolute Gasteiger partial charge is 0.318 e. The molecule has 0 atom stereocenters. The molecule has 0 aliphatic heterocycles. The van der Waals surface area contributed by atoms with Crippen LogP contribution in [0, 0.1) is 0 Å². The molecule has 4 nitrogen and oxygen atoms in total. The molecule has 2 rings (SSSR count). The molecule has 1 aromatic rings. The molecule has 0 radical (unpaired) electrons. The van der Waals surface area contributed by atoms with Gasteiger partial charge in [0, 0.05) is 24.9 Å². The minimum atomic E-state index is 0.528. The maximum atomic E-state index is 5.64. The van der Waals surface area contributed by atoms with Gasteiger partial charge in [0.2, 0.25) is 5.89 Å². The van der Waals surface area contributed by atoms with Gasteiger partial charge in [-0.05, 0) is 19.3 Å². The fourth-order valence-corrected chi connectivity index (χ4v) is 1.85. The SMILES string of the molecule is CCCCN(c1nnc(CCCl)o1)C1CC1. The second kappa shape index (κ2) is 5.53. The molecule has 0 saturated heterocycles. The third-order valence-corrected chi connectivity index (χ3v) is 2.94. The standard InChI is InChI=1S/C11H18ClN3O/c1-2-3-8-15(9-4-5-9)11-14-13-10(16-11)6-7-12/h9H,2-8H2,1H3. The number of aryl methyl sites for hydroxylation is 1. The summed E-state index contributed by atoms with van der Waals surface area (Å²) in [6.45, 7) is 3.21. The van der Waals surface area contributed by atoms with Crippen molar-refractivity contribution in [1.29, 1.82) is 0 Å². The molecule has 0 N–H and O–H groups in total. The van der Waals surface area contributed by atoms with E-state index in [4.69, 9.17) is 16.0 Å². The van der Waals surface area contributed by atoms with Crippen LogP contribution >= 0.6 is 11.6 Å². The summed E-state index contributed by atoms with van der Waals surface area (Å²) in [4.78, 5) is 2.24. The van der Waals surface area contributed by atoms with Gasteiger partial charge in [-0.1, -0.05) is 18.4 Å². The zero-order chi connectivity index (χ0) is 11.4. The largest absolute Gasteiger partial charge is 0.408 e. The average Bonchev–Trinajstić information content (AvgIpc) is 3.01. The number of halogens is 1. The van der Waals surface area contributed by atoms with E-state index in [1.807, 2.05) is 0 Å². The Morgan fingerprint density at radius 1 is 1.44 bits per heavy atom. The first-order valence-corrected chi connectivity index (χ1v) is 6.53. The van der Waals surface area contributed by atoms with Crippen molar-refractivity contribution in [3.05, 3.63) is 5.89 Å². The van der Waals surface area contributed by atoms with Crippen molar-refractivity contribution in [2.75, 3.05) is 17.3 Å². The van der Waals surface area contributed by atoms with Crippen LogP contribution in [0.2, 0.25) is 0 Å². The molecule has 1 aliphatic rings. The van der Waals surface area contributed by atoms with Crippen LogP contribution in [0.3, 0.4) is 0 Å². The van der Waals surface area contributed by atoms with E-state index in [0.717, 1.165) is 6.54 Å². The lowest BCUT2D eigenvalue weighted by Crippen LogP contribution is -2.27. The number of alkyl halides is 1. The number of rotatable bonds is 7. The Kier molecular flexibility index (Phi) is 4.04. The van der Waals surface area contributed by atoms with Crippen LogP contribution in [0.4, 0.5) is 6.01 Å². The zero-order valence-corrected chi connectivity index (χ0v) is 10.4. The zero-order valence-electron chi connectivity index (χ0n) is 9.65. The van der Waals surface area contributed by atoms with E-state index >= 15 is 0 Å². The van der Waals surface area contributed by atoms with Crippen LogP contribution in [0.1, 0.15) is 38.5 Å². The summed E-state index contributed by atoms with van der Waals surface area (Å²) in [6.07, 6.45) is 5.50. The van der Waals surface area contributed by atoms with Gasteiger partial charge in [0.25, 0.3) is 0 Å². The number of hydrogen-bond acceptors (Lipinski definition) is 4. The molecule has 0 bridgehead atoms. The fourth-order valence-electron chi connectivity index (χ4n) is 1.69. The molecule has 1 aromatic heterocycles. The number of anilines is 1. The lowest BCUT2D eigenvalue weighted by Gasteiger charge is -2.18. The minimum Gasteiger partial charge on any atom is -0.408 e. The number of nitrogens with zero attached hydrogens (tertiary/aromatic N) is 3. The third-order valence-electron chi connectivity index (χ3n) is 2.75. The van der Waals surface area contributed by atoms with Crippen molar-refractivity contribution in [1.82, 2.24) is 10.2 Å². The van der Waals surface area contributed by atoms with Crippen molar-refractivity contribution in [3.63, 3.8) is 0 Å². The maximum Gasteiger partial charge on any atom is 0.318 e. The van der Waals surface area contributed by atoms with Gasteiger partial charge < -0.3 is 9.32 Å². The molecule has 0 spiro atoms. The highest BCUT2D eigenvalue weighted by Crippen LogP contribution is 2.31. The van der Waals surface area contributed by atoms with Gasteiger partial charge in [0.1, 0.15) is 0 Å². The Bertz CT molecular complexity index is 325. The van der Waals surface area contributed by atoms with Gasteiger partial charge in [-0.25, -0.2) is 0 Å². The predicted octanol–water partition coefficient (Wildman–Crippen LogP) is 2.62. The topological polar surface area (TPSA) is 42.2 Å². The maximum absolute atomic E-state index is 5.64. The Labute approximate surface area is 101 Å². The summed E-state index contributed by atoms with van der Waals surface area (Å²) < 4.78 is 5.60. The fraction of sp³-hybridized carbons (Fsp3) is 0.818. The van der Waals surface area contributed by atoms with Gasteiger partial charge in [-0.3, -0.25) is 0 Å². The third kappa shape index (κ3) is 2.88. The van der Waals surface area contributed by atoms with E-state index in [-0.39, 0.29) is 0 Å². The first kappa shape index (κ1) is 11.7. The van der Waals surface area contributed by atoms with Crippen molar-refractivity contribution in [2.45, 2.75) is 45.1 Å². The van der Waals surface area contributed by atoms with Gasteiger partial charge in [0.15, 0.2) is 0 Å². The van der Waals surface area contributed by atoms with Gasteiger partial charge >= 0.3 is 6.01 Å². The average molecular weight is 244 g/mol. The first-order chi connectivity index (χ1) is 7.85. The van der Waals surface area contributed by atoms with E-state index in [0.29, 0.717) is 30.2 Å². The summed E-state index contributed by atoms with van der Waals surface area (Å²) in [5, 5.41) is 8.10. The van der Waals surface area contributed by atoms with E-state index in [9.17, 15) is 0 Å². The van der Waals surface area contributed by atoms with Gasteiger partial charge in [-0.2, -0.15) is 0 Å². The van der Waals surface area contributed by atoms with Crippen LogP contribution < -0.4 is 4.90 Å². The van der Waals surface area contributed by atoms with Crippen LogP contribution in [0.25, 0.3) is 0 Å². The summed E-state index contributed by atoms with van der Waals surface area (Å²) in [6, 6.07) is 1.30. The Balaban J connectivity index is 1.99. The van der Waals surface area contributed by atoms with E-state index in [1.165, 1.54) is 25.7 Å². The lowest BCUT2D eigenvalue weighted by molar-refractivity contribution is 0.483. The molecule has 1 heterocycles. The molecule has 16 heavy (non-hydrogen) atoms. The van der Waals surface area contributed by atoms with E-state index in [1.54, 1.807) is 0 Å². The molecule has 1 fully saturated rings. The number of aromatic nitrogens is 2. The molecule has 5 heteroatoms. The van der Waals surface area contributed by atoms with Crippen molar-refractivity contribution in [3.8, 4) is 0 Å². The summed E-state index contributed by atoms with van der Waals surface area (Å²) >= 11 is 5.64. The monoisotopic (exact) mass is 243 g/mol. The molecule has 0 amide bonds. The normalized spacial score (nSPS) is 15.4. The lowest BCUT2D eigenvalue weighted by atomic mass is 10.3. The Morgan fingerprint density at radius 3 is 2.88 bits per heavy atom. The van der Waals surface area contributed by atoms with Crippen molar-refractivity contribution >= 4 is 17.6 Å². The Hall–Kier alpha value is -0.770. The molecule has 0 aromatic carbocycles. The van der Waals surface area contributed by atoms with Crippen molar-refractivity contribution < 1.29 is 4.42 Å². The number of unbranched alkanes of at least 4 members (excludes halogenated alkanes) is 1. The van der Waals surface area contributed by atoms with Crippen LogP contribution in [0.5, 0.6) is 0 Å². The first-order valence-electron chi connectivity index (χ1n) is 6.00. The molecule has 1 saturated carbocycles. The van der Waals surface area contributed by atoms with Gasteiger partial charge in [-0.15, -0.1) is 16.7 Å². The highest BCUT2D eigenvalue weighted by molar-refractivity contribution is 6.17. The minimum absolute atomic E-state index is 0.528. The summed E-state index contributed by atoms with van der Waals surface area (Å²) in [7, 11) is 0. The molecular weight excluding hydrogens is 226 g/mol. The highest BCUT2D eigenvalue weighted by atomic mass is 35.5. The van der Waals surface area contributed by atoms with E-state index in [2.05, 4.69) is 22.0 Å². The molecular formula is C11H18ClN3O. The second-order valence-electron chi connectivity index (χ2n) is 4.20. The van der Waals surface area contributed by atoms with Crippen LogP contribution in [-0.4, -0.2) is 28.7 Å². The molecule has 90 valence electrons. The summed E-state index contributed by atoms with van der Waals surface area (Å²) in [5.74, 6) is 1.17. The second-order valence-corrected chi connectivity index (χ2v) is 4.57. The molecule has 0 unspecified atom stereocenters. The predicted molar refractivity (Wildman–Crippen MR) is 64.0 cm³/mol. The van der Waals surface area contributed by atoms with E-state index < -0.39 is 0 Å².